The molecular weight excluding hydrogens is 482 g/mol. The number of benzene rings is 2. The first-order valence-corrected chi connectivity index (χ1v) is 8.56. The van der Waals surface area contributed by atoms with Gasteiger partial charge in [-0.2, -0.15) is 0 Å². The van der Waals surface area contributed by atoms with E-state index >= 15 is 0 Å². The van der Waals surface area contributed by atoms with Crippen LogP contribution in [0.5, 0.6) is 5.75 Å². The molecule has 0 saturated heterocycles. The highest BCUT2D eigenvalue weighted by atomic mass is 79.9. The lowest BCUT2D eigenvalue weighted by atomic mass is 10.3. The molecule has 3 aromatic rings. The number of fused-ring (bicyclic) bond motifs is 1. The van der Waals surface area contributed by atoms with Crippen molar-refractivity contribution in [2.24, 2.45) is 0 Å². The lowest BCUT2D eigenvalue weighted by Crippen LogP contribution is -2.17. The van der Waals surface area contributed by atoms with Crippen molar-refractivity contribution in [3.63, 3.8) is 0 Å². The van der Waals surface area contributed by atoms with Crippen LogP contribution in [0.2, 0.25) is 0 Å². The number of halogens is 3. The van der Waals surface area contributed by atoms with E-state index in [0.717, 1.165) is 15.5 Å². The lowest BCUT2D eigenvalue weighted by molar-refractivity contribution is -0.135. The fourth-order valence-electron chi connectivity index (χ4n) is 1.93. The van der Waals surface area contributed by atoms with Crippen molar-refractivity contribution in [3.05, 3.63) is 49.8 Å². The third kappa shape index (κ3) is 3.23. The second kappa shape index (κ2) is 6.47. The summed E-state index contributed by atoms with van der Waals surface area (Å²) in [6, 6.07) is 11.0. The molecule has 0 fully saturated rings. The maximum Gasteiger partial charge on any atom is 0.333 e. The Morgan fingerprint density at radius 2 is 1.82 bits per heavy atom. The van der Waals surface area contributed by atoms with E-state index in [9.17, 15) is 4.79 Å². The Balaban J connectivity index is 1.81. The van der Waals surface area contributed by atoms with Gasteiger partial charge in [0.25, 0.3) is 0 Å². The van der Waals surface area contributed by atoms with E-state index in [2.05, 4.69) is 58.1 Å². The summed E-state index contributed by atoms with van der Waals surface area (Å²) in [6.07, 6.45) is 0. The number of esters is 1. The third-order valence-electron chi connectivity index (χ3n) is 2.88. The summed E-state index contributed by atoms with van der Waals surface area (Å²) in [6.45, 7) is -0.0184. The summed E-state index contributed by atoms with van der Waals surface area (Å²) in [7, 11) is 0. The van der Waals surface area contributed by atoms with Crippen molar-refractivity contribution in [2.45, 2.75) is 6.54 Å². The average molecular weight is 490 g/mol. The van der Waals surface area contributed by atoms with Gasteiger partial charge in [-0.05, 0) is 56.1 Å². The standard InChI is InChI=1S/C14H8Br3N3O2/c15-8-5-9(16)14(10(17)6-8)22-13(21)7-20-12-4-2-1-3-11(12)18-19-20/h1-6H,7H2. The van der Waals surface area contributed by atoms with Crippen LogP contribution in [-0.2, 0) is 11.3 Å². The quantitative estimate of drug-likeness (QED) is 0.406. The fraction of sp³-hybridized carbons (Fsp3) is 0.0714. The summed E-state index contributed by atoms with van der Waals surface area (Å²) in [5.74, 6) is -0.00278. The van der Waals surface area contributed by atoms with Gasteiger partial charge in [-0.25, -0.2) is 9.48 Å². The first-order chi connectivity index (χ1) is 10.5. The molecule has 1 aromatic heterocycles. The Morgan fingerprint density at radius 3 is 2.55 bits per heavy atom. The number of hydrogen-bond donors (Lipinski definition) is 0. The summed E-state index contributed by atoms with van der Waals surface area (Å²) < 4.78 is 9.14. The van der Waals surface area contributed by atoms with Crippen LogP contribution in [-0.4, -0.2) is 21.0 Å². The molecule has 3 rings (SSSR count). The number of hydrogen-bond acceptors (Lipinski definition) is 4. The first-order valence-electron chi connectivity index (χ1n) is 6.18. The zero-order valence-electron chi connectivity index (χ0n) is 11.0. The van der Waals surface area contributed by atoms with E-state index in [0.29, 0.717) is 14.7 Å². The Labute approximate surface area is 151 Å². The van der Waals surface area contributed by atoms with Crippen LogP contribution >= 0.6 is 47.8 Å². The number of rotatable bonds is 3. The van der Waals surface area contributed by atoms with Crippen LogP contribution < -0.4 is 4.74 Å². The Bertz CT molecular complexity index is 840. The van der Waals surface area contributed by atoms with Crippen molar-refractivity contribution in [1.82, 2.24) is 15.0 Å². The molecule has 0 aliphatic carbocycles. The number of para-hydroxylation sites is 1. The van der Waals surface area contributed by atoms with E-state index < -0.39 is 5.97 Å². The molecule has 112 valence electrons. The molecule has 0 atom stereocenters. The Hall–Kier alpha value is -1.25. The molecule has 0 aliphatic rings. The molecule has 0 unspecified atom stereocenters. The van der Waals surface area contributed by atoms with Crippen molar-refractivity contribution in [1.29, 1.82) is 0 Å². The summed E-state index contributed by atoms with van der Waals surface area (Å²) >= 11 is 10.1. The zero-order valence-corrected chi connectivity index (χ0v) is 15.7. The maximum atomic E-state index is 12.1. The average Bonchev–Trinajstić information content (AvgIpc) is 2.86. The summed E-state index contributed by atoms with van der Waals surface area (Å²) in [4.78, 5) is 12.1. The zero-order chi connectivity index (χ0) is 15.7. The van der Waals surface area contributed by atoms with Gasteiger partial charge in [-0.15, -0.1) is 5.10 Å². The van der Waals surface area contributed by atoms with Gasteiger partial charge >= 0.3 is 5.97 Å². The number of nitrogens with zero attached hydrogens (tertiary/aromatic N) is 3. The van der Waals surface area contributed by atoms with Gasteiger partial charge in [0.2, 0.25) is 0 Å². The molecule has 22 heavy (non-hydrogen) atoms. The van der Waals surface area contributed by atoms with E-state index in [4.69, 9.17) is 4.74 Å². The molecule has 5 nitrogen and oxygen atoms in total. The van der Waals surface area contributed by atoms with Gasteiger partial charge in [0, 0.05) is 4.47 Å². The van der Waals surface area contributed by atoms with Crippen LogP contribution in [0.3, 0.4) is 0 Å². The normalized spacial score (nSPS) is 10.9. The van der Waals surface area contributed by atoms with Crippen LogP contribution in [0.15, 0.2) is 49.8 Å². The highest BCUT2D eigenvalue weighted by Crippen LogP contribution is 2.36. The molecule has 0 amide bonds. The SMILES string of the molecule is O=C(Cn1nnc2ccccc21)Oc1c(Br)cc(Br)cc1Br. The minimum Gasteiger partial charge on any atom is -0.423 e. The molecule has 8 heteroatoms. The molecule has 1 heterocycles. The van der Waals surface area contributed by atoms with Crippen LogP contribution in [0, 0.1) is 0 Å². The highest BCUT2D eigenvalue weighted by Gasteiger charge is 2.15. The fourth-order valence-corrected chi connectivity index (χ4v) is 4.35. The topological polar surface area (TPSA) is 57.0 Å². The van der Waals surface area contributed by atoms with E-state index in [-0.39, 0.29) is 6.54 Å². The van der Waals surface area contributed by atoms with Crippen LogP contribution in [0.25, 0.3) is 11.0 Å². The van der Waals surface area contributed by atoms with Gasteiger partial charge in [0.15, 0.2) is 5.75 Å². The van der Waals surface area contributed by atoms with E-state index in [1.54, 1.807) is 12.1 Å². The predicted octanol–water partition coefficient (Wildman–Crippen LogP) is 4.32. The highest BCUT2D eigenvalue weighted by molar-refractivity contribution is 9.11. The second-order valence-electron chi connectivity index (χ2n) is 4.41. The third-order valence-corrected chi connectivity index (χ3v) is 4.51. The van der Waals surface area contributed by atoms with E-state index in [1.807, 2.05) is 24.3 Å². The number of carbonyl (C=O) groups excluding carboxylic acids is 1. The van der Waals surface area contributed by atoms with Crippen molar-refractivity contribution in [2.75, 3.05) is 0 Å². The summed E-state index contributed by atoms with van der Waals surface area (Å²) in [5.41, 5.74) is 1.52. The maximum absolute atomic E-state index is 12.1. The van der Waals surface area contributed by atoms with Crippen molar-refractivity contribution < 1.29 is 9.53 Å². The van der Waals surface area contributed by atoms with Gasteiger partial charge in [-0.1, -0.05) is 33.3 Å². The number of ether oxygens (including phenoxy) is 1. The smallest absolute Gasteiger partial charge is 0.333 e. The molecule has 0 radical (unpaired) electrons. The molecular formula is C14H8Br3N3O2. The minimum absolute atomic E-state index is 0.0184. The molecule has 2 aromatic carbocycles. The largest absolute Gasteiger partial charge is 0.423 e. The van der Waals surface area contributed by atoms with Gasteiger partial charge in [0.05, 0.1) is 14.5 Å². The Kier molecular flexibility index (Phi) is 4.60. The van der Waals surface area contributed by atoms with Crippen molar-refractivity contribution >= 4 is 64.8 Å². The Morgan fingerprint density at radius 1 is 1.14 bits per heavy atom. The minimum atomic E-state index is -0.431. The summed E-state index contributed by atoms with van der Waals surface area (Å²) in [5, 5.41) is 7.98. The van der Waals surface area contributed by atoms with Crippen LogP contribution in [0.4, 0.5) is 0 Å². The second-order valence-corrected chi connectivity index (χ2v) is 7.03. The van der Waals surface area contributed by atoms with Crippen molar-refractivity contribution in [3.8, 4) is 5.75 Å². The number of carbonyl (C=O) groups is 1. The molecule has 0 aliphatic heterocycles. The van der Waals surface area contributed by atoms with E-state index in [1.165, 1.54) is 4.68 Å². The van der Waals surface area contributed by atoms with Gasteiger partial charge in [0.1, 0.15) is 12.1 Å². The monoisotopic (exact) mass is 487 g/mol. The number of aromatic nitrogens is 3. The molecule has 0 saturated carbocycles. The first kappa shape index (κ1) is 15.6. The molecule has 0 bridgehead atoms. The van der Waals surface area contributed by atoms with Gasteiger partial charge < -0.3 is 4.74 Å². The predicted molar refractivity (Wildman–Crippen MR) is 92.7 cm³/mol. The molecule has 0 N–H and O–H groups in total. The van der Waals surface area contributed by atoms with Gasteiger partial charge in [-0.3, -0.25) is 0 Å². The van der Waals surface area contributed by atoms with Crippen LogP contribution in [0.1, 0.15) is 0 Å². The molecule has 0 spiro atoms. The lowest BCUT2D eigenvalue weighted by Gasteiger charge is -2.09.